The third-order valence-electron chi connectivity index (χ3n) is 10.4. The number of hydrogen-bond acceptors (Lipinski definition) is 9. The van der Waals surface area contributed by atoms with Crippen molar-refractivity contribution in [2.24, 2.45) is 0 Å². The number of carbonyl (C=O) groups is 2. The molecule has 0 aliphatic rings. The molecule has 1 unspecified atom stereocenters. The van der Waals surface area contributed by atoms with Gasteiger partial charge in [-0.3, -0.25) is 18.6 Å². The van der Waals surface area contributed by atoms with Crippen LogP contribution in [0, 0.1) is 0 Å². The second kappa shape index (κ2) is 42.8. The van der Waals surface area contributed by atoms with Crippen LogP contribution in [0.1, 0.15) is 232 Å². The van der Waals surface area contributed by atoms with E-state index in [9.17, 15) is 24.2 Å². The molecule has 0 aromatic heterocycles. The van der Waals surface area contributed by atoms with Gasteiger partial charge in [0.15, 0.2) is 6.10 Å². The van der Waals surface area contributed by atoms with Crippen LogP contribution in [0.3, 0.4) is 0 Å². The molecule has 10 nitrogen and oxygen atoms in total. The van der Waals surface area contributed by atoms with E-state index in [0.717, 1.165) is 44.9 Å². The first-order valence-electron chi connectivity index (χ1n) is 23.6. The zero-order valence-corrected chi connectivity index (χ0v) is 37.7. The predicted octanol–water partition coefficient (Wildman–Crippen LogP) is 12.8. The zero-order valence-electron chi connectivity index (χ0n) is 36.8. The third-order valence-corrected chi connectivity index (χ3v) is 11.4. The fourth-order valence-corrected chi connectivity index (χ4v) is 7.54. The van der Waals surface area contributed by atoms with Crippen LogP contribution in [-0.4, -0.2) is 65.7 Å². The summed E-state index contributed by atoms with van der Waals surface area (Å²) < 4.78 is 32.8. The summed E-state index contributed by atoms with van der Waals surface area (Å²) in [6.45, 7) is 2.40. The maximum atomic E-state index is 12.6. The number of esters is 2. The van der Waals surface area contributed by atoms with E-state index < -0.39 is 51.8 Å². The van der Waals surface area contributed by atoms with Crippen LogP contribution < -0.4 is 0 Å². The normalized spacial score (nSPS) is 13.8. The summed E-state index contributed by atoms with van der Waals surface area (Å²) in [5, 5.41) is 18.4. The molecule has 0 aliphatic carbocycles. The van der Waals surface area contributed by atoms with E-state index in [-0.39, 0.29) is 19.4 Å². The summed E-state index contributed by atoms with van der Waals surface area (Å²) in [4.78, 5) is 35.0. The number of aliphatic hydroxyl groups excluding tert-OH is 2. The Morgan fingerprint density at radius 1 is 0.509 bits per heavy atom. The maximum absolute atomic E-state index is 12.6. The minimum absolute atomic E-state index is 0.187. The second-order valence-corrected chi connectivity index (χ2v) is 17.6. The molecule has 11 heteroatoms. The molecular formula is C46H89O10P. The highest BCUT2D eigenvalue weighted by atomic mass is 31.2. The summed E-state index contributed by atoms with van der Waals surface area (Å²) in [5.41, 5.74) is 0. The van der Waals surface area contributed by atoms with Gasteiger partial charge in [-0.25, -0.2) is 4.57 Å². The molecule has 0 aromatic carbocycles. The van der Waals surface area contributed by atoms with Crippen LogP contribution in [-0.2, 0) is 32.7 Å². The van der Waals surface area contributed by atoms with Gasteiger partial charge in [0.1, 0.15) is 12.7 Å². The molecule has 57 heavy (non-hydrogen) atoms. The van der Waals surface area contributed by atoms with Gasteiger partial charge in [-0.05, 0) is 38.5 Å². The standard InChI is InChI=1S/C46H89O10P/c1-3-5-7-9-11-13-15-17-19-20-21-22-24-26-28-30-32-34-36-38-46(50)56-44(42-55-57(51,52)54-40-43(48)39-47)41-53-45(49)37-35-33-31-29-27-25-23-18-16-14-12-10-8-6-4-2/h25,27,43-44,47-48H,3-24,26,28-42H2,1-2H3,(H,51,52)/b27-25+/t43-,44+/m0/s1. The Morgan fingerprint density at radius 2 is 0.860 bits per heavy atom. The van der Waals surface area contributed by atoms with Gasteiger partial charge in [0, 0.05) is 12.8 Å². The lowest BCUT2D eigenvalue weighted by atomic mass is 10.0. The molecule has 0 saturated heterocycles. The molecule has 0 heterocycles. The van der Waals surface area contributed by atoms with Gasteiger partial charge >= 0.3 is 19.8 Å². The van der Waals surface area contributed by atoms with Crippen molar-refractivity contribution in [3.63, 3.8) is 0 Å². The van der Waals surface area contributed by atoms with Gasteiger partial charge in [-0.2, -0.15) is 0 Å². The van der Waals surface area contributed by atoms with Crippen LogP contribution in [0.4, 0.5) is 0 Å². The van der Waals surface area contributed by atoms with Crippen molar-refractivity contribution >= 4 is 19.8 Å². The number of unbranched alkanes of at least 4 members (excludes halogenated alkanes) is 29. The van der Waals surface area contributed by atoms with Crippen LogP contribution in [0.5, 0.6) is 0 Å². The average molecular weight is 833 g/mol. The molecule has 0 rings (SSSR count). The fraction of sp³-hybridized carbons (Fsp3) is 0.913. The van der Waals surface area contributed by atoms with Gasteiger partial charge in [0.05, 0.1) is 19.8 Å². The molecule has 3 N–H and O–H groups in total. The first-order valence-corrected chi connectivity index (χ1v) is 25.1. The Kier molecular flexibility index (Phi) is 41.9. The minimum Gasteiger partial charge on any atom is -0.462 e. The molecule has 338 valence electrons. The van der Waals surface area contributed by atoms with Crippen LogP contribution >= 0.6 is 7.82 Å². The van der Waals surface area contributed by atoms with Gasteiger partial charge in [-0.1, -0.05) is 193 Å². The van der Waals surface area contributed by atoms with Crippen molar-refractivity contribution in [1.82, 2.24) is 0 Å². The van der Waals surface area contributed by atoms with Gasteiger partial charge in [0.25, 0.3) is 0 Å². The van der Waals surface area contributed by atoms with Gasteiger partial charge in [0.2, 0.25) is 0 Å². The van der Waals surface area contributed by atoms with Crippen LogP contribution in [0.2, 0.25) is 0 Å². The Balaban J connectivity index is 4.21. The smallest absolute Gasteiger partial charge is 0.462 e. The van der Waals surface area contributed by atoms with Crippen molar-refractivity contribution in [2.45, 2.75) is 244 Å². The third kappa shape index (κ3) is 42.6. The lowest BCUT2D eigenvalue weighted by molar-refractivity contribution is -0.161. The topological polar surface area (TPSA) is 149 Å². The number of phosphoric ester groups is 1. The molecule has 0 radical (unpaired) electrons. The summed E-state index contributed by atoms with van der Waals surface area (Å²) in [6, 6.07) is 0. The summed E-state index contributed by atoms with van der Waals surface area (Å²) in [6.07, 6.45) is 41.8. The number of aliphatic hydroxyl groups is 2. The fourth-order valence-electron chi connectivity index (χ4n) is 6.75. The monoisotopic (exact) mass is 833 g/mol. The number of allylic oxidation sites excluding steroid dienone is 2. The van der Waals surface area contributed by atoms with Crippen LogP contribution in [0.15, 0.2) is 12.2 Å². The number of ether oxygens (including phenoxy) is 2. The second-order valence-electron chi connectivity index (χ2n) is 16.1. The highest BCUT2D eigenvalue weighted by Crippen LogP contribution is 2.43. The Hall–Kier alpha value is -1.29. The average Bonchev–Trinajstić information content (AvgIpc) is 3.20. The van der Waals surface area contributed by atoms with E-state index in [2.05, 4.69) is 26.0 Å². The van der Waals surface area contributed by atoms with E-state index in [1.165, 1.54) is 148 Å². The van der Waals surface area contributed by atoms with Gasteiger partial charge < -0.3 is 24.6 Å². The summed E-state index contributed by atoms with van der Waals surface area (Å²) in [5.74, 6) is -0.930. The Labute approximate surface area is 349 Å². The lowest BCUT2D eigenvalue weighted by Crippen LogP contribution is -2.29. The largest absolute Gasteiger partial charge is 0.472 e. The number of hydrogen-bond donors (Lipinski definition) is 3. The predicted molar refractivity (Wildman–Crippen MR) is 233 cm³/mol. The van der Waals surface area contributed by atoms with E-state index in [0.29, 0.717) is 12.8 Å². The number of carbonyl (C=O) groups excluding carboxylic acids is 2. The van der Waals surface area contributed by atoms with Crippen LogP contribution in [0.25, 0.3) is 0 Å². The first kappa shape index (κ1) is 55.7. The van der Waals surface area contributed by atoms with Crippen molar-refractivity contribution in [3.8, 4) is 0 Å². The molecule has 0 aromatic rings. The molecule has 0 saturated carbocycles. The Morgan fingerprint density at radius 3 is 1.28 bits per heavy atom. The number of phosphoric acid groups is 1. The number of rotatable bonds is 45. The molecule has 0 fully saturated rings. The Bertz CT molecular complexity index is 961. The van der Waals surface area contributed by atoms with Crippen molar-refractivity contribution in [2.75, 3.05) is 26.4 Å². The van der Waals surface area contributed by atoms with E-state index >= 15 is 0 Å². The van der Waals surface area contributed by atoms with Crippen molar-refractivity contribution in [1.29, 1.82) is 0 Å². The molecule has 0 aliphatic heterocycles. The van der Waals surface area contributed by atoms with E-state index in [1.54, 1.807) is 0 Å². The molecule has 0 bridgehead atoms. The van der Waals surface area contributed by atoms with Crippen molar-refractivity contribution in [3.05, 3.63) is 12.2 Å². The molecule has 0 amide bonds. The first-order chi connectivity index (χ1) is 27.7. The van der Waals surface area contributed by atoms with Gasteiger partial charge in [-0.15, -0.1) is 0 Å². The van der Waals surface area contributed by atoms with E-state index in [1.807, 2.05) is 0 Å². The lowest BCUT2D eigenvalue weighted by Gasteiger charge is -2.20. The van der Waals surface area contributed by atoms with E-state index in [4.69, 9.17) is 23.6 Å². The van der Waals surface area contributed by atoms with Crippen molar-refractivity contribution < 1.29 is 47.8 Å². The SMILES string of the molecule is CCCCCCCCCC/C=C/CCCCCC(=O)OC[C@H](COP(=O)(O)OC[C@@H](O)CO)OC(=O)CCCCCCCCCCCCCCCCCCCCC. The highest BCUT2D eigenvalue weighted by molar-refractivity contribution is 7.47. The highest BCUT2D eigenvalue weighted by Gasteiger charge is 2.27. The zero-order chi connectivity index (χ0) is 41.9. The molecule has 3 atom stereocenters. The molecular weight excluding hydrogens is 743 g/mol. The molecule has 0 spiro atoms. The summed E-state index contributed by atoms with van der Waals surface area (Å²) in [7, 11) is -4.62. The minimum atomic E-state index is -4.62. The summed E-state index contributed by atoms with van der Waals surface area (Å²) >= 11 is 0. The quantitative estimate of drug-likeness (QED) is 0.0234. The maximum Gasteiger partial charge on any atom is 0.472 e.